The number of fused-ring (bicyclic) bond motifs is 10. The SMILES string of the molecule is O=C1[C@@H]2[C@H]3CC[C@@H](C3)[C@@H]2C(=O)N1c1ccc(N2C(=O)[C@@H]3[C@H]4CC[C@@H](C4)[C@@H]3C2=O)cc1. The van der Waals surface area contributed by atoms with Gasteiger partial charge in [0.15, 0.2) is 0 Å². The van der Waals surface area contributed by atoms with E-state index >= 15 is 0 Å². The van der Waals surface area contributed by atoms with Crippen LogP contribution < -0.4 is 9.80 Å². The molecule has 8 atom stereocenters. The van der Waals surface area contributed by atoms with E-state index in [4.69, 9.17) is 0 Å². The van der Waals surface area contributed by atoms with Crippen molar-refractivity contribution < 1.29 is 19.2 Å². The fraction of sp³-hybridized carbons (Fsp3) is 0.583. The lowest BCUT2D eigenvalue weighted by atomic mass is 9.81. The van der Waals surface area contributed by atoms with E-state index in [9.17, 15) is 19.2 Å². The molecule has 0 unspecified atom stereocenters. The molecule has 1 aromatic rings. The maximum atomic E-state index is 13.0. The third kappa shape index (κ3) is 1.91. The minimum Gasteiger partial charge on any atom is -0.274 e. The van der Waals surface area contributed by atoms with Crippen LogP contribution in [0.2, 0.25) is 0 Å². The molecule has 30 heavy (non-hydrogen) atoms. The van der Waals surface area contributed by atoms with Gasteiger partial charge in [-0.15, -0.1) is 0 Å². The van der Waals surface area contributed by atoms with Gasteiger partial charge in [0.2, 0.25) is 23.6 Å². The van der Waals surface area contributed by atoms with Crippen molar-refractivity contribution in [2.75, 3.05) is 9.80 Å². The van der Waals surface area contributed by atoms with E-state index in [1.165, 1.54) is 9.80 Å². The third-order valence-corrected chi connectivity index (χ3v) is 9.22. The number of anilines is 2. The monoisotopic (exact) mass is 404 g/mol. The lowest BCUT2D eigenvalue weighted by molar-refractivity contribution is -0.124. The van der Waals surface area contributed by atoms with Gasteiger partial charge < -0.3 is 0 Å². The average molecular weight is 404 g/mol. The molecule has 2 heterocycles. The Balaban J connectivity index is 1.18. The van der Waals surface area contributed by atoms with E-state index in [2.05, 4.69) is 0 Å². The van der Waals surface area contributed by atoms with E-state index in [1.807, 2.05) is 0 Å². The number of rotatable bonds is 2. The first-order valence-electron chi connectivity index (χ1n) is 11.4. The molecule has 0 N–H and O–H groups in total. The Kier molecular flexibility index (Phi) is 3.21. The zero-order valence-electron chi connectivity index (χ0n) is 16.7. The number of nitrogens with zero attached hydrogens (tertiary/aromatic N) is 2. The molecule has 4 amide bonds. The number of amides is 4. The first-order valence-corrected chi connectivity index (χ1v) is 11.4. The number of hydrogen-bond donors (Lipinski definition) is 0. The molecule has 0 spiro atoms. The van der Waals surface area contributed by atoms with Crippen LogP contribution in [0, 0.1) is 47.3 Å². The fourth-order valence-electron chi connectivity index (χ4n) is 8.08. The Bertz CT molecular complexity index is 880. The zero-order valence-corrected chi connectivity index (χ0v) is 16.7. The average Bonchev–Trinajstić information content (AvgIpc) is 3.56. The summed E-state index contributed by atoms with van der Waals surface area (Å²) in [6.45, 7) is 0. The molecule has 6 fully saturated rings. The number of carbonyl (C=O) groups is 4. The highest BCUT2D eigenvalue weighted by Gasteiger charge is 2.62. The summed E-state index contributed by atoms with van der Waals surface area (Å²) < 4.78 is 0. The van der Waals surface area contributed by atoms with Crippen LogP contribution in [0.5, 0.6) is 0 Å². The van der Waals surface area contributed by atoms with Gasteiger partial charge in [0.05, 0.1) is 35.0 Å². The van der Waals surface area contributed by atoms with Gasteiger partial charge in [0.1, 0.15) is 0 Å². The van der Waals surface area contributed by atoms with E-state index < -0.39 is 0 Å². The van der Waals surface area contributed by atoms with Crippen molar-refractivity contribution in [2.45, 2.75) is 38.5 Å². The molecular weight excluding hydrogens is 380 g/mol. The molecule has 6 nitrogen and oxygen atoms in total. The fourth-order valence-corrected chi connectivity index (χ4v) is 8.08. The Morgan fingerprint density at radius 1 is 0.500 bits per heavy atom. The van der Waals surface area contributed by atoms with Crippen LogP contribution in [0.4, 0.5) is 11.4 Å². The summed E-state index contributed by atoms with van der Waals surface area (Å²) in [7, 11) is 0. The van der Waals surface area contributed by atoms with Gasteiger partial charge in [0, 0.05) is 0 Å². The molecule has 1 aromatic carbocycles. The second-order valence-electron chi connectivity index (χ2n) is 10.3. The molecule has 0 radical (unpaired) electrons. The number of benzene rings is 1. The number of imide groups is 2. The van der Waals surface area contributed by atoms with Crippen molar-refractivity contribution in [2.24, 2.45) is 47.3 Å². The molecule has 6 aliphatic rings. The van der Waals surface area contributed by atoms with Crippen molar-refractivity contribution in [1.82, 2.24) is 0 Å². The van der Waals surface area contributed by atoms with Gasteiger partial charge >= 0.3 is 0 Å². The Morgan fingerprint density at radius 2 is 0.767 bits per heavy atom. The minimum atomic E-state index is -0.146. The van der Waals surface area contributed by atoms with Gasteiger partial charge in [-0.05, 0) is 86.5 Å². The predicted octanol–water partition coefficient (Wildman–Crippen LogP) is 2.76. The molecular formula is C24H24N2O4. The first-order chi connectivity index (χ1) is 14.5. The lowest BCUT2D eigenvalue weighted by Gasteiger charge is -2.20. The van der Waals surface area contributed by atoms with Crippen molar-refractivity contribution >= 4 is 35.0 Å². The molecule has 154 valence electrons. The highest BCUT2D eigenvalue weighted by atomic mass is 16.2. The molecule has 7 rings (SSSR count). The summed E-state index contributed by atoms with van der Waals surface area (Å²) in [5.74, 6) is 0.582. The molecule has 4 aliphatic carbocycles. The summed E-state index contributed by atoms with van der Waals surface area (Å²) in [5.41, 5.74) is 1.11. The summed E-state index contributed by atoms with van der Waals surface area (Å²) in [6, 6.07) is 6.88. The van der Waals surface area contributed by atoms with Crippen molar-refractivity contribution in [3.63, 3.8) is 0 Å². The smallest absolute Gasteiger partial charge is 0.237 e. The standard InChI is InChI=1S/C24H24N2O4/c27-21-17-11-1-2-12(9-11)18(17)22(28)25(21)15-5-7-16(8-6-15)26-23(29)19-13-3-4-14(10-13)20(19)24(26)30/h5-8,11-14,17-20H,1-4,9-10H2/t11-,12-,13-,14-,17-,18+,19-,20+/m0/s1. The highest BCUT2D eigenvalue weighted by molar-refractivity contribution is 6.24. The predicted molar refractivity (Wildman–Crippen MR) is 107 cm³/mol. The van der Waals surface area contributed by atoms with Crippen LogP contribution in [-0.4, -0.2) is 23.6 Å². The van der Waals surface area contributed by atoms with Crippen LogP contribution in [0.15, 0.2) is 24.3 Å². The summed E-state index contributed by atoms with van der Waals surface area (Å²) in [4.78, 5) is 54.8. The van der Waals surface area contributed by atoms with Crippen molar-refractivity contribution in [3.05, 3.63) is 24.3 Å². The largest absolute Gasteiger partial charge is 0.274 e. The molecule has 0 aromatic heterocycles. The van der Waals surface area contributed by atoms with Crippen LogP contribution in [0.3, 0.4) is 0 Å². The quantitative estimate of drug-likeness (QED) is 0.711. The van der Waals surface area contributed by atoms with Gasteiger partial charge in [0.25, 0.3) is 0 Å². The number of hydrogen-bond acceptors (Lipinski definition) is 4. The maximum absolute atomic E-state index is 13.0. The van der Waals surface area contributed by atoms with E-state index in [0.29, 0.717) is 35.0 Å². The maximum Gasteiger partial charge on any atom is 0.237 e. The normalized spacial score (nSPS) is 43.3. The second kappa shape index (κ2) is 5.59. The summed E-state index contributed by atoms with van der Waals surface area (Å²) in [5, 5.41) is 0. The van der Waals surface area contributed by atoms with Crippen LogP contribution in [0.1, 0.15) is 38.5 Å². The topological polar surface area (TPSA) is 74.8 Å². The molecule has 4 bridgehead atoms. The molecule has 6 heteroatoms. The Hall–Kier alpha value is -2.50. The summed E-state index contributed by atoms with van der Waals surface area (Å²) in [6.07, 6.45) is 6.26. The van der Waals surface area contributed by atoms with Crippen LogP contribution in [0.25, 0.3) is 0 Å². The Morgan fingerprint density at radius 3 is 1.03 bits per heavy atom. The van der Waals surface area contributed by atoms with Gasteiger partial charge in [-0.1, -0.05) is 0 Å². The minimum absolute atomic E-state index is 0.0654. The zero-order chi connectivity index (χ0) is 20.3. The second-order valence-corrected chi connectivity index (χ2v) is 10.3. The van der Waals surface area contributed by atoms with Crippen LogP contribution in [-0.2, 0) is 19.2 Å². The molecule has 2 aliphatic heterocycles. The van der Waals surface area contributed by atoms with Gasteiger partial charge in [-0.25, -0.2) is 0 Å². The number of carbonyl (C=O) groups excluding carboxylic acids is 4. The van der Waals surface area contributed by atoms with E-state index in [0.717, 1.165) is 38.5 Å². The molecule has 4 saturated carbocycles. The molecule has 2 saturated heterocycles. The van der Waals surface area contributed by atoms with Crippen LogP contribution >= 0.6 is 0 Å². The Labute approximate surface area is 174 Å². The van der Waals surface area contributed by atoms with Gasteiger partial charge in [-0.2, -0.15) is 0 Å². The first kappa shape index (κ1) is 17.2. The third-order valence-electron chi connectivity index (χ3n) is 9.22. The van der Waals surface area contributed by atoms with Crippen molar-refractivity contribution in [3.8, 4) is 0 Å². The highest BCUT2D eigenvalue weighted by Crippen LogP contribution is 2.58. The van der Waals surface area contributed by atoms with E-state index in [1.54, 1.807) is 24.3 Å². The lowest BCUT2D eigenvalue weighted by Crippen LogP contribution is -2.34. The van der Waals surface area contributed by atoms with E-state index in [-0.39, 0.29) is 47.3 Å². The van der Waals surface area contributed by atoms with Gasteiger partial charge in [-0.3, -0.25) is 29.0 Å². The van der Waals surface area contributed by atoms with Crippen molar-refractivity contribution in [1.29, 1.82) is 0 Å². The summed E-state index contributed by atoms with van der Waals surface area (Å²) >= 11 is 0.